The van der Waals surface area contributed by atoms with Gasteiger partial charge >= 0.3 is 0 Å². The molecule has 1 unspecified atom stereocenters. The van der Waals surface area contributed by atoms with Crippen molar-refractivity contribution < 1.29 is 18.8 Å². The van der Waals surface area contributed by atoms with Crippen LogP contribution in [-0.2, 0) is 22.7 Å². The average Bonchev–Trinajstić information content (AvgIpc) is 3.36. The molecule has 0 saturated carbocycles. The monoisotopic (exact) mass is 630 g/mol. The van der Waals surface area contributed by atoms with Gasteiger partial charge in [-0.3, -0.25) is 24.6 Å². The maximum atomic E-state index is 15.3. The van der Waals surface area contributed by atoms with Crippen LogP contribution in [0.25, 0.3) is 0 Å². The zero-order valence-corrected chi connectivity index (χ0v) is 25.8. The number of benzene rings is 2. The Morgan fingerprint density at radius 1 is 0.889 bits per heavy atom. The zero-order chi connectivity index (χ0) is 31.1. The first kappa shape index (κ1) is 29.8. The van der Waals surface area contributed by atoms with Gasteiger partial charge in [-0.1, -0.05) is 29.8 Å². The summed E-state index contributed by atoms with van der Waals surface area (Å²) >= 11 is 5.94. The van der Waals surface area contributed by atoms with Crippen molar-refractivity contribution in [1.82, 2.24) is 25.1 Å². The Labute approximate surface area is 266 Å². The Bertz CT molecular complexity index is 1600. The van der Waals surface area contributed by atoms with Gasteiger partial charge in [0.15, 0.2) is 0 Å². The van der Waals surface area contributed by atoms with Gasteiger partial charge in [-0.05, 0) is 86.0 Å². The van der Waals surface area contributed by atoms with E-state index in [1.54, 1.807) is 12.4 Å². The number of carbonyl (C=O) groups is 3. The molecular weight excluding hydrogens is 595 g/mol. The number of nitrogens with one attached hydrogen (secondary N) is 1. The van der Waals surface area contributed by atoms with E-state index in [-0.39, 0.29) is 36.5 Å². The van der Waals surface area contributed by atoms with Crippen LogP contribution in [0, 0.1) is 5.82 Å². The summed E-state index contributed by atoms with van der Waals surface area (Å²) in [5, 5.41) is 2.88. The van der Waals surface area contributed by atoms with E-state index in [1.807, 2.05) is 6.07 Å². The zero-order valence-electron chi connectivity index (χ0n) is 25.1. The van der Waals surface area contributed by atoms with E-state index in [2.05, 4.69) is 49.4 Å². The number of nitrogens with zero attached hydrogens (tertiary/aromatic N) is 5. The van der Waals surface area contributed by atoms with Gasteiger partial charge in [0.1, 0.15) is 17.7 Å². The van der Waals surface area contributed by atoms with Gasteiger partial charge in [0.05, 0.1) is 5.02 Å². The maximum Gasteiger partial charge on any atom is 0.255 e. The lowest BCUT2D eigenvalue weighted by Crippen LogP contribution is -2.52. The van der Waals surface area contributed by atoms with Crippen molar-refractivity contribution in [3.8, 4) is 0 Å². The van der Waals surface area contributed by atoms with Crippen LogP contribution in [0.4, 0.5) is 10.1 Å². The number of carbonyl (C=O) groups excluding carboxylic acids is 3. The Morgan fingerprint density at radius 3 is 2.27 bits per heavy atom. The summed E-state index contributed by atoms with van der Waals surface area (Å²) in [6.07, 6.45) is 7.53. The average molecular weight is 631 g/mol. The molecule has 3 saturated heterocycles. The number of aromatic nitrogens is 2. The van der Waals surface area contributed by atoms with Crippen LogP contribution in [0.3, 0.4) is 0 Å². The fraction of sp³-hybridized carbons (Fsp3) is 0.441. The molecule has 3 amide bonds. The van der Waals surface area contributed by atoms with Gasteiger partial charge < -0.3 is 9.80 Å². The molecule has 1 aromatic heterocycles. The van der Waals surface area contributed by atoms with Gasteiger partial charge in [-0.25, -0.2) is 14.4 Å². The van der Waals surface area contributed by atoms with Gasteiger partial charge in [0.25, 0.3) is 5.91 Å². The molecular formula is C34H36ClFN6O3. The van der Waals surface area contributed by atoms with Crippen molar-refractivity contribution in [2.24, 2.45) is 0 Å². The van der Waals surface area contributed by atoms with Crippen LogP contribution in [0.15, 0.2) is 48.8 Å². The molecule has 234 valence electrons. The number of piperidine rings is 3. The van der Waals surface area contributed by atoms with E-state index in [9.17, 15) is 14.4 Å². The summed E-state index contributed by atoms with van der Waals surface area (Å²) in [7, 11) is 0. The van der Waals surface area contributed by atoms with Crippen LogP contribution in [0.1, 0.15) is 83.2 Å². The standard InChI is InChI=1S/C34H36ClFN6O3/c35-25-17-37-32(38-18-25)23-9-13-41(14-10-23)26-3-1-21(2-4-26)19-40-11-7-22(8-12-40)27-15-24-20-42(34(45)28(24)16-29(27)36)30-5-6-31(43)39-33(30)44/h1-4,15-18,22-23,30H,5-14,19-20H2,(H,39,43,44). The molecule has 1 atom stereocenters. The fourth-order valence-electron chi connectivity index (χ4n) is 7.32. The third-order valence-electron chi connectivity index (χ3n) is 9.88. The molecule has 0 radical (unpaired) electrons. The Kier molecular flexibility index (Phi) is 8.27. The van der Waals surface area contributed by atoms with E-state index in [0.717, 1.165) is 69.8 Å². The highest BCUT2D eigenvalue weighted by Crippen LogP contribution is 2.36. The molecule has 3 fully saturated rings. The van der Waals surface area contributed by atoms with Crippen molar-refractivity contribution in [3.05, 3.63) is 87.7 Å². The molecule has 4 aliphatic heterocycles. The lowest BCUT2D eigenvalue weighted by atomic mass is 9.87. The van der Waals surface area contributed by atoms with Crippen LogP contribution < -0.4 is 10.2 Å². The minimum Gasteiger partial charge on any atom is -0.371 e. The smallest absolute Gasteiger partial charge is 0.255 e. The third-order valence-corrected chi connectivity index (χ3v) is 10.1. The second kappa shape index (κ2) is 12.5. The number of rotatable bonds is 6. The molecule has 7 rings (SSSR count). The Balaban J connectivity index is 0.917. The fourth-order valence-corrected chi connectivity index (χ4v) is 7.42. The summed E-state index contributed by atoms with van der Waals surface area (Å²) in [4.78, 5) is 52.1. The maximum absolute atomic E-state index is 15.3. The topological polar surface area (TPSA) is 98.7 Å². The second-order valence-electron chi connectivity index (χ2n) is 12.7. The highest BCUT2D eigenvalue weighted by molar-refractivity contribution is 6.30. The number of imide groups is 1. The lowest BCUT2D eigenvalue weighted by molar-refractivity contribution is -0.136. The highest BCUT2D eigenvalue weighted by atomic mass is 35.5. The summed E-state index contributed by atoms with van der Waals surface area (Å²) in [6.45, 7) is 4.77. The van der Waals surface area contributed by atoms with Gasteiger partial charge in [0, 0.05) is 62.2 Å². The first-order chi connectivity index (χ1) is 21.8. The van der Waals surface area contributed by atoms with Crippen molar-refractivity contribution in [2.75, 3.05) is 31.1 Å². The molecule has 1 N–H and O–H groups in total. The van der Waals surface area contributed by atoms with Crippen molar-refractivity contribution >= 4 is 35.0 Å². The van der Waals surface area contributed by atoms with E-state index >= 15 is 4.39 Å². The molecule has 5 heterocycles. The summed E-state index contributed by atoms with van der Waals surface area (Å²) < 4.78 is 15.3. The van der Waals surface area contributed by atoms with Crippen LogP contribution in [0.5, 0.6) is 0 Å². The van der Waals surface area contributed by atoms with Crippen LogP contribution >= 0.6 is 11.6 Å². The van der Waals surface area contributed by atoms with Crippen LogP contribution in [0.2, 0.25) is 5.02 Å². The third kappa shape index (κ3) is 6.18. The van der Waals surface area contributed by atoms with Gasteiger partial charge in [-0.2, -0.15) is 0 Å². The van der Waals surface area contributed by atoms with Crippen LogP contribution in [-0.4, -0.2) is 69.7 Å². The molecule has 11 heteroatoms. The first-order valence-electron chi connectivity index (χ1n) is 15.8. The summed E-state index contributed by atoms with van der Waals surface area (Å²) in [5.41, 5.74) is 4.22. The second-order valence-corrected chi connectivity index (χ2v) is 13.1. The minimum absolute atomic E-state index is 0.0786. The first-order valence-corrected chi connectivity index (χ1v) is 16.2. The van der Waals surface area contributed by atoms with Crippen molar-refractivity contribution in [3.63, 3.8) is 0 Å². The molecule has 0 bridgehead atoms. The Hall–Kier alpha value is -3.89. The molecule has 2 aromatic carbocycles. The quantitative estimate of drug-likeness (QED) is 0.391. The number of likely N-dealkylation sites (tertiary alicyclic amines) is 1. The molecule has 0 aliphatic carbocycles. The predicted octanol–water partition coefficient (Wildman–Crippen LogP) is 4.79. The number of fused-ring (bicyclic) bond motifs is 1. The predicted molar refractivity (Wildman–Crippen MR) is 167 cm³/mol. The summed E-state index contributed by atoms with van der Waals surface area (Å²) in [5.74, 6) is -0.163. The SMILES string of the molecule is O=C1CCC(N2Cc3cc(C4CCN(Cc5ccc(N6CCC(c7ncc(Cl)cn7)CC6)cc5)CC4)c(F)cc3C2=O)C(=O)N1. The van der Waals surface area contributed by atoms with E-state index < -0.39 is 11.9 Å². The summed E-state index contributed by atoms with van der Waals surface area (Å²) in [6, 6.07) is 11.3. The molecule has 45 heavy (non-hydrogen) atoms. The van der Waals surface area contributed by atoms with E-state index in [4.69, 9.17) is 11.6 Å². The van der Waals surface area contributed by atoms with E-state index in [1.165, 1.54) is 22.2 Å². The van der Waals surface area contributed by atoms with Crippen molar-refractivity contribution in [2.45, 2.75) is 69.5 Å². The number of anilines is 1. The highest BCUT2D eigenvalue weighted by Gasteiger charge is 2.40. The molecule has 9 nitrogen and oxygen atoms in total. The van der Waals surface area contributed by atoms with Gasteiger partial charge in [-0.15, -0.1) is 0 Å². The number of hydrogen-bond acceptors (Lipinski definition) is 7. The molecule has 3 aromatic rings. The molecule has 4 aliphatic rings. The van der Waals surface area contributed by atoms with E-state index in [0.29, 0.717) is 28.5 Å². The number of amides is 3. The van der Waals surface area contributed by atoms with Crippen molar-refractivity contribution in [1.29, 1.82) is 0 Å². The lowest BCUT2D eigenvalue weighted by Gasteiger charge is -2.34. The normalized spacial score (nSPS) is 21.7. The van der Waals surface area contributed by atoms with Gasteiger partial charge in [0.2, 0.25) is 11.8 Å². The Morgan fingerprint density at radius 2 is 1.58 bits per heavy atom. The number of halogens is 2. The minimum atomic E-state index is -0.700. The number of hydrogen-bond donors (Lipinski definition) is 1. The molecule has 0 spiro atoms. The largest absolute Gasteiger partial charge is 0.371 e.